The van der Waals surface area contributed by atoms with Gasteiger partial charge in [0.2, 0.25) is 17.7 Å². The first-order chi connectivity index (χ1) is 29.2. The number of hydrogen-bond donors (Lipinski definition) is 3. The number of phenolic OH excluding ortho intramolecular Hbond substituents is 1. The monoisotopic (exact) mass is 814 g/mol. The zero-order valence-corrected chi connectivity index (χ0v) is 34.2. The molecule has 5 saturated heterocycles. The molecule has 0 aliphatic carbocycles. The van der Waals surface area contributed by atoms with Crippen molar-refractivity contribution in [2.75, 3.05) is 91.3 Å². The molecule has 3 atom stereocenters. The molecule has 2 bridgehead atoms. The van der Waals surface area contributed by atoms with E-state index in [0.29, 0.717) is 61.6 Å². The Balaban J connectivity index is 0.741. The maximum absolute atomic E-state index is 13.5. The first kappa shape index (κ1) is 39.4. The summed E-state index contributed by atoms with van der Waals surface area (Å²) in [6, 6.07) is 26.0. The lowest BCUT2D eigenvalue weighted by Crippen LogP contribution is -2.54. The molecule has 5 aliphatic rings. The number of aromatic nitrogens is 2. The molecule has 3 aromatic carbocycles. The van der Waals surface area contributed by atoms with Gasteiger partial charge in [0.05, 0.1) is 17.9 Å². The van der Waals surface area contributed by atoms with Crippen molar-refractivity contribution in [2.24, 2.45) is 0 Å². The van der Waals surface area contributed by atoms with E-state index in [1.54, 1.807) is 12.1 Å². The number of benzene rings is 3. The number of imide groups is 1. The lowest BCUT2D eigenvalue weighted by Gasteiger charge is -2.43. The maximum Gasteiger partial charge on any atom is 0.249 e. The van der Waals surface area contributed by atoms with Crippen molar-refractivity contribution in [1.29, 1.82) is 0 Å². The summed E-state index contributed by atoms with van der Waals surface area (Å²) in [6.07, 6.45) is 4.65. The van der Waals surface area contributed by atoms with Crippen LogP contribution in [-0.4, -0.2) is 133 Å². The Morgan fingerprint density at radius 2 is 1.57 bits per heavy atom. The Morgan fingerprint density at radius 3 is 2.32 bits per heavy atom. The van der Waals surface area contributed by atoms with Crippen molar-refractivity contribution in [3.8, 4) is 22.8 Å². The van der Waals surface area contributed by atoms with E-state index in [9.17, 15) is 19.5 Å². The van der Waals surface area contributed by atoms with E-state index in [-0.39, 0.29) is 35.6 Å². The predicted octanol–water partition coefficient (Wildman–Crippen LogP) is 3.72. The first-order valence-electron chi connectivity index (χ1n) is 21.3. The van der Waals surface area contributed by atoms with E-state index in [2.05, 4.69) is 65.4 Å². The van der Waals surface area contributed by atoms with Crippen molar-refractivity contribution in [3.05, 3.63) is 78.9 Å². The number of rotatable bonds is 10. The molecular formula is C45H54N10O5. The number of para-hydroxylation sites is 1. The predicted molar refractivity (Wildman–Crippen MR) is 231 cm³/mol. The molecular weight excluding hydrogens is 761 g/mol. The van der Waals surface area contributed by atoms with E-state index in [1.165, 1.54) is 0 Å². The third-order valence-corrected chi connectivity index (χ3v) is 13.0. The van der Waals surface area contributed by atoms with Gasteiger partial charge in [-0.2, -0.15) is 0 Å². The number of piperazine rings is 2. The van der Waals surface area contributed by atoms with Gasteiger partial charge in [-0.3, -0.25) is 24.6 Å². The number of hydrogen-bond acceptors (Lipinski definition) is 13. The molecule has 0 saturated carbocycles. The van der Waals surface area contributed by atoms with Crippen LogP contribution in [0.3, 0.4) is 0 Å². The van der Waals surface area contributed by atoms with Crippen LogP contribution in [0, 0.1) is 0 Å². The van der Waals surface area contributed by atoms with E-state index in [1.807, 2.05) is 53.2 Å². The second-order valence-electron chi connectivity index (χ2n) is 16.8. The Bertz CT molecular complexity index is 2210. The van der Waals surface area contributed by atoms with Crippen molar-refractivity contribution < 1.29 is 24.2 Å². The quantitative estimate of drug-likeness (QED) is 0.199. The van der Waals surface area contributed by atoms with E-state index < -0.39 is 0 Å². The number of fused-ring (bicyclic) bond motifs is 2. The van der Waals surface area contributed by atoms with Gasteiger partial charge in [-0.05, 0) is 67.8 Å². The van der Waals surface area contributed by atoms with Crippen LogP contribution in [0.4, 0.5) is 28.6 Å². The third-order valence-electron chi connectivity index (χ3n) is 13.0. The molecule has 3 amide bonds. The number of nitrogens with two attached hydrogens (primary N) is 1. The van der Waals surface area contributed by atoms with Crippen LogP contribution in [0.15, 0.2) is 78.9 Å². The Labute approximate surface area is 350 Å². The highest BCUT2D eigenvalue weighted by Gasteiger charge is 2.41. The number of carbonyl (C=O) groups excluding carboxylic acids is 3. The molecule has 0 radical (unpaired) electrons. The molecule has 15 heteroatoms. The average molecular weight is 815 g/mol. The van der Waals surface area contributed by atoms with Gasteiger partial charge < -0.3 is 40.1 Å². The van der Waals surface area contributed by atoms with Gasteiger partial charge in [-0.1, -0.05) is 24.3 Å². The van der Waals surface area contributed by atoms with Crippen molar-refractivity contribution >= 4 is 46.3 Å². The highest BCUT2D eigenvalue weighted by Crippen LogP contribution is 2.40. The summed E-state index contributed by atoms with van der Waals surface area (Å²) in [6.45, 7) is 6.59. The van der Waals surface area contributed by atoms with Crippen LogP contribution < -0.4 is 35.4 Å². The number of piperidine rings is 2. The van der Waals surface area contributed by atoms with Crippen LogP contribution in [0.1, 0.15) is 38.5 Å². The number of phenols is 1. The topological polar surface area (TPSA) is 164 Å². The highest BCUT2D eigenvalue weighted by molar-refractivity contribution is 6.01. The van der Waals surface area contributed by atoms with E-state index >= 15 is 0 Å². The second kappa shape index (κ2) is 16.9. The van der Waals surface area contributed by atoms with Crippen LogP contribution >= 0.6 is 0 Å². The Hall–Kier alpha value is -6.09. The fraction of sp³-hybridized carbons (Fsp3) is 0.444. The molecule has 9 rings (SSSR count). The number of nitrogens with zero attached hydrogens (tertiary/aromatic N) is 8. The normalized spacial score (nSPS) is 22.5. The van der Waals surface area contributed by atoms with Gasteiger partial charge in [-0.15, -0.1) is 10.2 Å². The number of amides is 3. The Morgan fingerprint density at radius 1 is 0.833 bits per heavy atom. The first-order valence-corrected chi connectivity index (χ1v) is 21.3. The number of aromatic hydroxyl groups is 1. The molecule has 314 valence electrons. The summed E-state index contributed by atoms with van der Waals surface area (Å²) in [5, 5.41) is 21.4. The molecule has 4 N–H and O–H groups in total. The summed E-state index contributed by atoms with van der Waals surface area (Å²) in [5.74, 6) is 1.13. The molecule has 1 aromatic heterocycles. The van der Waals surface area contributed by atoms with Crippen molar-refractivity contribution in [2.45, 2.75) is 62.8 Å². The van der Waals surface area contributed by atoms with Gasteiger partial charge in [0, 0.05) is 119 Å². The van der Waals surface area contributed by atoms with Crippen LogP contribution in [0.5, 0.6) is 11.5 Å². The summed E-state index contributed by atoms with van der Waals surface area (Å²) in [7, 11) is 1.90. The average Bonchev–Trinajstić information content (AvgIpc) is 3.53. The zero-order valence-electron chi connectivity index (χ0n) is 34.2. The summed E-state index contributed by atoms with van der Waals surface area (Å²) >= 11 is 0. The van der Waals surface area contributed by atoms with Gasteiger partial charge in [0.1, 0.15) is 23.6 Å². The molecule has 0 spiro atoms. The standard InChI is InChI=1S/C45H54N10O5/c1-50(39-14-15-42(57)47-45(39)59)30-6-4-7-31(24-30)52-22-20-51(21-23-52)29-43(58)53-18-16-35(17-19-53)60-36-9-5-8-32(25-36)55-33-12-13-34(55)28-54(27-33)40-26-38(48-49-44(40)46)37-10-2-3-11-41(37)56/h2-11,24-26,33-35,39,56H,12-23,27-29H2,1H3,(H2,46,49)(H,47,57,59)/t33-,34+,39?. The zero-order chi connectivity index (χ0) is 41.3. The smallest absolute Gasteiger partial charge is 0.249 e. The number of likely N-dealkylation sites (N-methyl/N-ethyl adjacent to an activating group) is 1. The molecule has 4 aromatic rings. The minimum atomic E-state index is -0.371. The summed E-state index contributed by atoms with van der Waals surface area (Å²) < 4.78 is 6.57. The molecule has 5 fully saturated rings. The molecule has 1 unspecified atom stereocenters. The number of nitrogen functional groups attached to an aromatic ring is 1. The van der Waals surface area contributed by atoms with Gasteiger partial charge in [0.25, 0.3) is 0 Å². The maximum atomic E-state index is 13.5. The van der Waals surface area contributed by atoms with E-state index in [4.69, 9.17) is 10.5 Å². The van der Waals surface area contributed by atoms with Crippen LogP contribution in [-0.2, 0) is 14.4 Å². The molecule has 60 heavy (non-hydrogen) atoms. The fourth-order valence-electron chi connectivity index (χ4n) is 9.72. The minimum Gasteiger partial charge on any atom is -0.507 e. The minimum absolute atomic E-state index is 0.0478. The largest absolute Gasteiger partial charge is 0.507 e. The van der Waals surface area contributed by atoms with Crippen molar-refractivity contribution in [1.82, 2.24) is 25.3 Å². The van der Waals surface area contributed by atoms with Crippen LogP contribution in [0.2, 0.25) is 0 Å². The number of ether oxygens (including phenoxy) is 1. The van der Waals surface area contributed by atoms with Gasteiger partial charge in [0.15, 0.2) is 5.82 Å². The number of anilines is 5. The SMILES string of the molecule is CN(c1cccc(N2CCN(CC(=O)N3CCC(Oc4cccc(N5[C@@H]6CC[C@H]5CN(c5cc(-c7ccccc7O)nnc5N)C6)c4)CC3)CC2)c1)C1CCC(=O)NC1=O. The molecule has 15 nitrogen and oxygen atoms in total. The van der Waals surface area contributed by atoms with E-state index in [0.717, 1.165) is 93.5 Å². The van der Waals surface area contributed by atoms with Crippen molar-refractivity contribution in [3.63, 3.8) is 0 Å². The van der Waals surface area contributed by atoms with Gasteiger partial charge in [-0.25, -0.2) is 0 Å². The number of carbonyl (C=O) groups is 3. The summed E-state index contributed by atoms with van der Waals surface area (Å²) in [4.78, 5) is 50.9. The number of nitrogens with one attached hydrogen (secondary N) is 1. The third kappa shape index (κ3) is 8.22. The molecule has 5 aliphatic heterocycles. The Kier molecular flexibility index (Phi) is 11.1. The summed E-state index contributed by atoms with van der Waals surface area (Å²) in [5.41, 5.74) is 11.6. The lowest BCUT2D eigenvalue weighted by atomic mass is 10.0. The van der Waals surface area contributed by atoms with Gasteiger partial charge >= 0.3 is 0 Å². The lowest BCUT2D eigenvalue weighted by molar-refractivity contribution is -0.135. The highest BCUT2D eigenvalue weighted by atomic mass is 16.5. The molecule has 6 heterocycles. The second-order valence-corrected chi connectivity index (χ2v) is 16.8. The fourth-order valence-corrected chi connectivity index (χ4v) is 9.72. The van der Waals surface area contributed by atoms with Crippen LogP contribution in [0.25, 0.3) is 11.3 Å². The number of likely N-dealkylation sites (tertiary alicyclic amines) is 1.